The van der Waals surface area contributed by atoms with Crippen molar-refractivity contribution in [2.75, 3.05) is 6.54 Å². The number of carbonyl (C=O) groups excluding carboxylic acids is 9. The number of nitrogens with one attached hydrogen (secondary N) is 8. The van der Waals surface area contributed by atoms with Crippen molar-refractivity contribution in [2.45, 2.75) is 157 Å². The molecule has 0 radical (unpaired) electrons. The van der Waals surface area contributed by atoms with Gasteiger partial charge in [-0.2, -0.15) is 0 Å². The van der Waals surface area contributed by atoms with Crippen LogP contribution < -0.4 is 54.0 Å². The van der Waals surface area contributed by atoms with Crippen molar-refractivity contribution in [3.05, 3.63) is 0 Å². The zero-order valence-corrected chi connectivity index (χ0v) is 38.8. The van der Waals surface area contributed by atoms with Crippen LogP contribution in [0, 0.1) is 29.6 Å². The quantitative estimate of drug-likeness (QED) is 0.0377. The molecule has 0 fully saturated rings. The number of carboxylic acids is 2. The van der Waals surface area contributed by atoms with Crippen molar-refractivity contribution in [2.24, 2.45) is 41.1 Å². The number of aliphatic carboxylic acids is 2. The van der Waals surface area contributed by atoms with Crippen LogP contribution in [0.5, 0.6) is 0 Å². The number of amides is 9. The third-order valence-corrected chi connectivity index (χ3v) is 9.68. The number of hydrogen-bond acceptors (Lipinski definition) is 12. The van der Waals surface area contributed by atoms with Gasteiger partial charge in [-0.25, -0.2) is 0 Å². The molecule has 0 aromatic carbocycles. The maximum atomic E-state index is 13.7. The first-order valence-corrected chi connectivity index (χ1v) is 21.4. The number of carbonyl (C=O) groups is 11. The number of primary amides is 1. The maximum Gasteiger partial charge on any atom is 0.322 e. The molecule has 364 valence electrons. The minimum absolute atomic E-state index is 0.0118. The summed E-state index contributed by atoms with van der Waals surface area (Å²) in [5, 5.41) is 38.2. The van der Waals surface area contributed by atoms with Gasteiger partial charge in [0.15, 0.2) is 0 Å². The van der Waals surface area contributed by atoms with Crippen LogP contribution in [0.2, 0.25) is 0 Å². The molecule has 0 aromatic heterocycles. The smallest absolute Gasteiger partial charge is 0.322 e. The number of hydrogen-bond donors (Lipinski definition) is 12. The minimum Gasteiger partial charge on any atom is -0.481 e. The van der Waals surface area contributed by atoms with Crippen molar-refractivity contribution in [3.8, 4) is 0 Å². The standard InChI is InChI=1S/C41H72N10O13/c1-18(2)14-25(47-34(57)23(11)45-40(63)32(21(7)8)51-41(64)33(22(9)10)50-39(62)31(43)20(5)6)37(60)49-27(16-29(53)54)38(61)48-26(15-19(3)4)36(59)46-24(12-13-28(42)52)35(58)44-17-30(55)56/h18-27,31-33H,12-17,43H2,1-11H3,(H2,42,52)(H,44,58)(H,45,63)(H,46,59)(H,47,57)(H,48,61)(H,49,60)(H,50,62)(H,51,64)(H,53,54)(H,55,56)/t23-,24-,25-,26-,27-,31-,32-,33-/m0/s1. The normalized spacial score (nSPS) is 15.1. The highest BCUT2D eigenvalue weighted by molar-refractivity contribution is 5.98. The van der Waals surface area contributed by atoms with Gasteiger partial charge in [-0.05, 0) is 55.8 Å². The van der Waals surface area contributed by atoms with Gasteiger partial charge in [0, 0.05) is 6.42 Å². The average molecular weight is 913 g/mol. The molecule has 0 aliphatic carbocycles. The van der Waals surface area contributed by atoms with E-state index in [1.54, 1.807) is 69.2 Å². The van der Waals surface area contributed by atoms with Crippen LogP contribution in [0.4, 0.5) is 0 Å². The fourth-order valence-electron chi connectivity index (χ4n) is 5.98. The van der Waals surface area contributed by atoms with Crippen LogP contribution in [0.3, 0.4) is 0 Å². The maximum absolute atomic E-state index is 13.7. The Bertz CT molecular complexity index is 1670. The Morgan fingerprint density at radius 1 is 0.453 bits per heavy atom. The second-order valence-electron chi connectivity index (χ2n) is 17.7. The molecule has 0 aliphatic rings. The lowest BCUT2D eigenvalue weighted by molar-refractivity contribution is -0.141. The Morgan fingerprint density at radius 3 is 1.27 bits per heavy atom. The van der Waals surface area contributed by atoms with E-state index in [0.717, 1.165) is 0 Å². The van der Waals surface area contributed by atoms with Gasteiger partial charge in [0.2, 0.25) is 53.2 Å². The molecular formula is C41H72N10O13. The summed E-state index contributed by atoms with van der Waals surface area (Å²) in [6, 6.07) is -10.4. The molecule has 0 unspecified atom stereocenters. The van der Waals surface area contributed by atoms with Gasteiger partial charge >= 0.3 is 11.9 Å². The summed E-state index contributed by atoms with van der Waals surface area (Å²) in [6.07, 6.45) is -1.72. The third kappa shape index (κ3) is 22.0. The van der Waals surface area contributed by atoms with Crippen molar-refractivity contribution < 1.29 is 63.0 Å². The van der Waals surface area contributed by atoms with Crippen molar-refractivity contribution in [3.63, 3.8) is 0 Å². The first kappa shape index (κ1) is 58.1. The van der Waals surface area contributed by atoms with Crippen molar-refractivity contribution in [1.29, 1.82) is 0 Å². The van der Waals surface area contributed by atoms with E-state index >= 15 is 0 Å². The lowest BCUT2D eigenvalue weighted by Gasteiger charge is -2.29. The van der Waals surface area contributed by atoms with Gasteiger partial charge < -0.3 is 64.2 Å². The molecule has 0 saturated carbocycles. The summed E-state index contributed by atoms with van der Waals surface area (Å²) in [5.41, 5.74) is 11.2. The van der Waals surface area contributed by atoms with Crippen molar-refractivity contribution >= 4 is 65.1 Å². The number of nitrogens with two attached hydrogens (primary N) is 2. The predicted molar refractivity (Wildman–Crippen MR) is 232 cm³/mol. The topological polar surface area (TPSA) is 377 Å². The van der Waals surface area contributed by atoms with Gasteiger partial charge in [-0.15, -0.1) is 0 Å². The fourth-order valence-corrected chi connectivity index (χ4v) is 5.98. The van der Waals surface area contributed by atoms with E-state index in [-0.39, 0.29) is 49.4 Å². The van der Waals surface area contributed by atoms with E-state index in [4.69, 9.17) is 16.6 Å². The minimum atomic E-state index is -1.79. The number of carboxylic acid groups (broad SMARTS) is 2. The van der Waals surface area contributed by atoms with E-state index < -0.39 is 132 Å². The van der Waals surface area contributed by atoms with Gasteiger partial charge in [0.1, 0.15) is 48.8 Å². The summed E-state index contributed by atoms with van der Waals surface area (Å²) >= 11 is 0. The molecule has 8 atom stereocenters. The van der Waals surface area contributed by atoms with E-state index in [9.17, 15) is 57.8 Å². The van der Waals surface area contributed by atoms with E-state index in [0.29, 0.717) is 0 Å². The SMILES string of the molecule is CC(C)C[C@H](NC(=O)[C@H](C)NC(=O)[C@@H](NC(=O)[C@@H](NC(=O)[C@@H](N)C(C)C)C(C)C)C(C)C)C(=O)N[C@@H](CC(=O)O)C(=O)N[C@@H](CC(C)C)C(=O)N[C@@H](CCC(N)=O)C(=O)NCC(=O)O. The van der Waals surface area contributed by atoms with Crippen LogP contribution in [0.25, 0.3) is 0 Å². The molecule has 0 aromatic rings. The molecule has 0 bridgehead atoms. The van der Waals surface area contributed by atoms with Gasteiger partial charge in [-0.1, -0.05) is 69.2 Å². The zero-order valence-electron chi connectivity index (χ0n) is 38.8. The molecule has 14 N–H and O–H groups in total. The summed E-state index contributed by atoms with van der Waals surface area (Å²) in [7, 11) is 0. The number of rotatable bonds is 29. The Kier molecular flexibility index (Phi) is 25.5. The highest BCUT2D eigenvalue weighted by Gasteiger charge is 2.36. The van der Waals surface area contributed by atoms with E-state index in [1.165, 1.54) is 6.92 Å². The first-order chi connectivity index (χ1) is 29.5. The van der Waals surface area contributed by atoms with Gasteiger partial charge in [0.05, 0.1) is 12.5 Å². The lowest BCUT2D eigenvalue weighted by atomic mass is 9.98. The second-order valence-corrected chi connectivity index (χ2v) is 17.7. The summed E-state index contributed by atoms with van der Waals surface area (Å²) < 4.78 is 0. The average Bonchev–Trinajstić information content (AvgIpc) is 3.16. The van der Waals surface area contributed by atoms with Crippen LogP contribution in [-0.4, -0.2) is 130 Å². The fraction of sp³-hybridized carbons (Fsp3) is 0.732. The zero-order chi connectivity index (χ0) is 49.8. The molecule has 23 heteroatoms. The summed E-state index contributed by atoms with van der Waals surface area (Å²) in [4.78, 5) is 141. The summed E-state index contributed by atoms with van der Waals surface area (Å²) in [6.45, 7) is 17.6. The Labute approximate surface area is 374 Å². The van der Waals surface area contributed by atoms with Crippen LogP contribution in [0.15, 0.2) is 0 Å². The molecule has 0 saturated heterocycles. The second kappa shape index (κ2) is 28.0. The summed E-state index contributed by atoms with van der Waals surface area (Å²) in [5.74, 6) is -12.1. The molecular weight excluding hydrogens is 841 g/mol. The molecule has 0 heterocycles. The first-order valence-electron chi connectivity index (χ1n) is 21.4. The highest BCUT2D eigenvalue weighted by atomic mass is 16.4. The van der Waals surface area contributed by atoms with Crippen LogP contribution in [-0.2, 0) is 52.7 Å². The largest absolute Gasteiger partial charge is 0.481 e. The van der Waals surface area contributed by atoms with E-state index in [1.807, 2.05) is 0 Å². The Morgan fingerprint density at radius 2 is 0.859 bits per heavy atom. The molecule has 0 aliphatic heterocycles. The van der Waals surface area contributed by atoms with E-state index in [2.05, 4.69) is 42.5 Å². The molecule has 0 rings (SSSR count). The molecule has 0 spiro atoms. The molecule has 9 amide bonds. The predicted octanol–water partition coefficient (Wildman–Crippen LogP) is -2.27. The molecule has 64 heavy (non-hydrogen) atoms. The monoisotopic (exact) mass is 913 g/mol. The lowest BCUT2D eigenvalue weighted by Crippen LogP contribution is -2.61. The Hall–Kier alpha value is -5.87. The van der Waals surface area contributed by atoms with Crippen LogP contribution >= 0.6 is 0 Å². The van der Waals surface area contributed by atoms with Crippen molar-refractivity contribution in [1.82, 2.24) is 42.5 Å². The molecule has 23 nitrogen and oxygen atoms in total. The Balaban J connectivity index is 6.23. The van der Waals surface area contributed by atoms with Crippen LogP contribution in [0.1, 0.15) is 108 Å². The van der Waals surface area contributed by atoms with Gasteiger partial charge in [0.25, 0.3) is 0 Å². The third-order valence-electron chi connectivity index (χ3n) is 9.68. The highest BCUT2D eigenvalue weighted by Crippen LogP contribution is 2.12. The van der Waals surface area contributed by atoms with Gasteiger partial charge in [-0.3, -0.25) is 52.7 Å².